The number of hydrogen-bond acceptors (Lipinski definition) is 2. The minimum absolute atomic E-state index is 0.0186. The first-order chi connectivity index (χ1) is 10.7. The summed E-state index contributed by atoms with van der Waals surface area (Å²) in [7, 11) is 0. The van der Waals surface area contributed by atoms with Crippen molar-refractivity contribution in [1.29, 1.82) is 0 Å². The maximum atomic E-state index is 12.5. The standard InChI is InChI=1S/C18H18BrNO2/c1-2-16(12-3-6-15(19)7-4-12)20-18(21)14-5-8-17-13(11-14)9-10-22-17/h3-8,11,16H,2,9-10H2,1H3,(H,20,21). The fourth-order valence-corrected chi connectivity index (χ4v) is 2.95. The quantitative estimate of drug-likeness (QED) is 0.885. The van der Waals surface area contributed by atoms with Crippen LogP contribution in [-0.2, 0) is 6.42 Å². The summed E-state index contributed by atoms with van der Waals surface area (Å²) >= 11 is 3.43. The largest absolute Gasteiger partial charge is 0.493 e. The van der Waals surface area contributed by atoms with E-state index in [1.165, 1.54) is 0 Å². The van der Waals surface area contributed by atoms with Gasteiger partial charge in [-0.1, -0.05) is 35.0 Å². The Labute approximate surface area is 138 Å². The Balaban J connectivity index is 1.76. The van der Waals surface area contributed by atoms with Crippen molar-refractivity contribution < 1.29 is 9.53 Å². The molecule has 0 aliphatic carbocycles. The van der Waals surface area contributed by atoms with Crippen LogP contribution in [0.25, 0.3) is 0 Å². The molecule has 0 radical (unpaired) electrons. The molecule has 0 bridgehead atoms. The summed E-state index contributed by atoms with van der Waals surface area (Å²) in [5, 5.41) is 3.11. The second kappa shape index (κ2) is 6.53. The highest BCUT2D eigenvalue weighted by molar-refractivity contribution is 9.10. The van der Waals surface area contributed by atoms with Gasteiger partial charge in [-0.25, -0.2) is 0 Å². The average molecular weight is 360 g/mol. The van der Waals surface area contributed by atoms with Crippen LogP contribution in [0.15, 0.2) is 46.9 Å². The van der Waals surface area contributed by atoms with Crippen LogP contribution < -0.4 is 10.1 Å². The molecule has 0 aromatic heterocycles. The predicted octanol–water partition coefficient (Wildman–Crippen LogP) is 4.27. The second-order valence-electron chi connectivity index (χ2n) is 5.41. The fraction of sp³-hybridized carbons (Fsp3) is 0.278. The Morgan fingerprint density at radius 1 is 1.27 bits per heavy atom. The molecule has 1 aliphatic rings. The molecular formula is C18H18BrNO2. The molecule has 1 N–H and O–H groups in total. The Morgan fingerprint density at radius 2 is 2.05 bits per heavy atom. The van der Waals surface area contributed by atoms with Gasteiger partial charge in [-0.05, 0) is 47.9 Å². The molecule has 3 rings (SSSR count). The lowest BCUT2D eigenvalue weighted by atomic mass is 10.0. The number of carbonyl (C=O) groups excluding carboxylic acids is 1. The van der Waals surface area contributed by atoms with E-state index in [4.69, 9.17) is 4.74 Å². The van der Waals surface area contributed by atoms with Gasteiger partial charge < -0.3 is 10.1 Å². The SMILES string of the molecule is CCC(NC(=O)c1ccc2c(c1)CCO2)c1ccc(Br)cc1. The third-order valence-corrected chi connectivity index (χ3v) is 4.47. The number of nitrogens with one attached hydrogen (secondary N) is 1. The zero-order chi connectivity index (χ0) is 15.5. The number of ether oxygens (including phenoxy) is 1. The molecule has 1 aliphatic heterocycles. The van der Waals surface area contributed by atoms with Gasteiger partial charge >= 0.3 is 0 Å². The van der Waals surface area contributed by atoms with Gasteiger partial charge in [-0.2, -0.15) is 0 Å². The zero-order valence-electron chi connectivity index (χ0n) is 12.4. The summed E-state index contributed by atoms with van der Waals surface area (Å²) in [6, 6.07) is 13.7. The van der Waals surface area contributed by atoms with E-state index < -0.39 is 0 Å². The minimum atomic E-state index is -0.0375. The van der Waals surface area contributed by atoms with E-state index in [0.29, 0.717) is 12.2 Å². The van der Waals surface area contributed by atoms with Crippen LogP contribution in [-0.4, -0.2) is 12.5 Å². The zero-order valence-corrected chi connectivity index (χ0v) is 14.0. The van der Waals surface area contributed by atoms with Gasteiger partial charge in [0.25, 0.3) is 5.91 Å². The summed E-state index contributed by atoms with van der Waals surface area (Å²) in [6.45, 7) is 2.78. The highest BCUT2D eigenvalue weighted by atomic mass is 79.9. The van der Waals surface area contributed by atoms with Gasteiger partial charge in [-0.15, -0.1) is 0 Å². The number of hydrogen-bond donors (Lipinski definition) is 1. The molecular weight excluding hydrogens is 342 g/mol. The third-order valence-electron chi connectivity index (χ3n) is 3.94. The maximum Gasteiger partial charge on any atom is 0.251 e. The van der Waals surface area contributed by atoms with E-state index in [2.05, 4.69) is 28.2 Å². The van der Waals surface area contributed by atoms with Crippen LogP contribution in [0.1, 0.15) is 40.9 Å². The van der Waals surface area contributed by atoms with Gasteiger partial charge in [0.15, 0.2) is 0 Å². The normalized spacial score (nSPS) is 14.1. The molecule has 1 heterocycles. The lowest BCUT2D eigenvalue weighted by Crippen LogP contribution is -2.28. The van der Waals surface area contributed by atoms with Crippen molar-refractivity contribution in [3.63, 3.8) is 0 Å². The summed E-state index contributed by atoms with van der Waals surface area (Å²) < 4.78 is 6.52. The van der Waals surface area contributed by atoms with E-state index in [9.17, 15) is 4.79 Å². The molecule has 2 aromatic rings. The number of fused-ring (bicyclic) bond motifs is 1. The molecule has 1 amide bonds. The van der Waals surface area contributed by atoms with Gasteiger partial charge in [0.05, 0.1) is 12.6 Å². The highest BCUT2D eigenvalue weighted by Crippen LogP contribution is 2.26. The summed E-state index contributed by atoms with van der Waals surface area (Å²) in [6.07, 6.45) is 1.72. The van der Waals surface area contributed by atoms with Crippen LogP contribution in [0.4, 0.5) is 0 Å². The van der Waals surface area contributed by atoms with E-state index in [0.717, 1.165) is 34.2 Å². The molecule has 0 spiro atoms. The van der Waals surface area contributed by atoms with Crippen molar-refractivity contribution >= 4 is 21.8 Å². The number of halogens is 1. The van der Waals surface area contributed by atoms with E-state index in [1.54, 1.807) is 0 Å². The van der Waals surface area contributed by atoms with E-state index in [-0.39, 0.29) is 11.9 Å². The van der Waals surface area contributed by atoms with E-state index in [1.807, 2.05) is 42.5 Å². The Bertz CT molecular complexity index is 682. The van der Waals surface area contributed by atoms with Crippen LogP contribution in [0.3, 0.4) is 0 Å². The first-order valence-electron chi connectivity index (χ1n) is 7.49. The van der Waals surface area contributed by atoms with Crippen LogP contribution in [0.5, 0.6) is 5.75 Å². The van der Waals surface area contributed by atoms with Gasteiger partial charge in [0.2, 0.25) is 0 Å². The van der Waals surface area contributed by atoms with Crippen molar-refractivity contribution in [2.45, 2.75) is 25.8 Å². The molecule has 114 valence electrons. The van der Waals surface area contributed by atoms with Crippen molar-refractivity contribution in [2.75, 3.05) is 6.61 Å². The molecule has 0 saturated carbocycles. The van der Waals surface area contributed by atoms with Crippen molar-refractivity contribution in [3.8, 4) is 5.75 Å². The van der Waals surface area contributed by atoms with Gasteiger partial charge in [0, 0.05) is 16.5 Å². The van der Waals surface area contributed by atoms with Gasteiger partial charge in [0.1, 0.15) is 5.75 Å². The molecule has 0 fully saturated rings. The lowest BCUT2D eigenvalue weighted by molar-refractivity contribution is 0.0935. The first kappa shape index (κ1) is 15.1. The maximum absolute atomic E-state index is 12.5. The summed E-state index contributed by atoms with van der Waals surface area (Å²) in [4.78, 5) is 12.5. The predicted molar refractivity (Wildman–Crippen MR) is 90.3 cm³/mol. The van der Waals surface area contributed by atoms with Crippen molar-refractivity contribution in [3.05, 3.63) is 63.6 Å². The number of amides is 1. The lowest BCUT2D eigenvalue weighted by Gasteiger charge is -2.18. The molecule has 0 saturated heterocycles. The fourth-order valence-electron chi connectivity index (χ4n) is 2.69. The molecule has 1 unspecified atom stereocenters. The third kappa shape index (κ3) is 3.17. The molecule has 4 heteroatoms. The number of rotatable bonds is 4. The highest BCUT2D eigenvalue weighted by Gasteiger charge is 2.17. The van der Waals surface area contributed by atoms with E-state index >= 15 is 0 Å². The molecule has 22 heavy (non-hydrogen) atoms. The average Bonchev–Trinajstić information content (AvgIpc) is 3.01. The monoisotopic (exact) mass is 359 g/mol. The summed E-state index contributed by atoms with van der Waals surface area (Å²) in [5.74, 6) is 0.862. The molecule has 1 atom stereocenters. The first-order valence-corrected chi connectivity index (χ1v) is 8.28. The molecule has 2 aromatic carbocycles. The molecule has 3 nitrogen and oxygen atoms in total. The second-order valence-corrected chi connectivity index (χ2v) is 6.32. The van der Waals surface area contributed by atoms with Crippen LogP contribution >= 0.6 is 15.9 Å². The Morgan fingerprint density at radius 3 is 2.77 bits per heavy atom. The van der Waals surface area contributed by atoms with Gasteiger partial charge in [-0.3, -0.25) is 4.79 Å². The van der Waals surface area contributed by atoms with Crippen molar-refractivity contribution in [2.24, 2.45) is 0 Å². The summed E-state index contributed by atoms with van der Waals surface area (Å²) in [5.41, 5.74) is 2.92. The Kier molecular flexibility index (Phi) is 4.48. The van der Waals surface area contributed by atoms with Crippen molar-refractivity contribution in [1.82, 2.24) is 5.32 Å². The number of benzene rings is 2. The van der Waals surface area contributed by atoms with Crippen LogP contribution in [0.2, 0.25) is 0 Å². The Hall–Kier alpha value is -1.81. The minimum Gasteiger partial charge on any atom is -0.493 e. The van der Waals surface area contributed by atoms with Crippen LogP contribution in [0, 0.1) is 0 Å². The smallest absolute Gasteiger partial charge is 0.251 e. The number of carbonyl (C=O) groups is 1. The topological polar surface area (TPSA) is 38.3 Å².